The zero-order valence-electron chi connectivity index (χ0n) is 12.5. The van der Waals surface area contributed by atoms with Crippen LogP contribution < -0.4 is 5.73 Å². The molecule has 0 aromatic carbocycles. The normalized spacial score (nSPS) is 21.4. The van der Waals surface area contributed by atoms with Gasteiger partial charge in [0.2, 0.25) is 0 Å². The van der Waals surface area contributed by atoms with Crippen LogP contribution >= 0.6 is 0 Å². The van der Waals surface area contributed by atoms with Gasteiger partial charge >= 0.3 is 0 Å². The van der Waals surface area contributed by atoms with E-state index >= 15 is 0 Å². The van der Waals surface area contributed by atoms with Gasteiger partial charge in [-0.3, -0.25) is 0 Å². The molecule has 110 valence electrons. The van der Waals surface area contributed by atoms with Crippen LogP contribution in [0, 0.1) is 0 Å². The number of nitrogens with zero attached hydrogens (tertiary/aromatic N) is 2. The molecular formula is C17H27N3. The summed E-state index contributed by atoms with van der Waals surface area (Å²) >= 11 is 0. The highest BCUT2D eigenvalue weighted by molar-refractivity contribution is 5.42. The third kappa shape index (κ3) is 2.50. The monoisotopic (exact) mass is 273 g/mol. The van der Waals surface area contributed by atoms with Gasteiger partial charge < -0.3 is 10.3 Å². The summed E-state index contributed by atoms with van der Waals surface area (Å²) in [6.07, 6.45) is 13.7. The molecule has 0 saturated heterocycles. The van der Waals surface area contributed by atoms with Crippen LogP contribution in [0.1, 0.15) is 81.1 Å². The molecule has 20 heavy (non-hydrogen) atoms. The number of nitrogen functional groups attached to an aromatic ring is 1. The van der Waals surface area contributed by atoms with Crippen molar-refractivity contribution in [3.63, 3.8) is 0 Å². The first kappa shape index (κ1) is 13.7. The Morgan fingerprint density at radius 2 is 1.65 bits per heavy atom. The third-order valence-corrected chi connectivity index (χ3v) is 5.09. The maximum absolute atomic E-state index is 6.43. The fraction of sp³-hybridized carbons (Fsp3) is 0.706. The summed E-state index contributed by atoms with van der Waals surface area (Å²) in [5.74, 6) is 3.37. The molecule has 3 heteroatoms. The molecule has 0 spiro atoms. The molecule has 2 saturated carbocycles. The van der Waals surface area contributed by atoms with Gasteiger partial charge in [-0.05, 0) is 25.7 Å². The number of nitrogens with two attached hydrogens (primary N) is 1. The van der Waals surface area contributed by atoms with Gasteiger partial charge in [-0.2, -0.15) is 0 Å². The zero-order valence-corrected chi connectivity index (χ0v) is 12.5. The van der Waals surface area contributed by atoms with Crippen molar-refractivity contribution in [2.45, 2.75) is 76.2 Å². The summed E-state index contributed by atoms with van der Waals surface area (Å²) in [4.78, 5) is 5.02. The molecular weight excluding hydrogens is 246 g/mol. The van der Waals surface area contributed by atoms with Crippen molar-refractivity contribution in [1.82, 2.24) is 9.55 Å². The van der Waals surface area contributed by atoms with Gasteiger partial charge in [0.05, 0.1) is 5.69 Å². The average Bonchev–Trinajstić information content (AvgIpc) is 3.10. The molecule has 0 amide bonds. The van der Waals surface area contributed by atoms with E-state index in [0.717, 1.165) is 12.4 Å². The number of aromatic nitrogens is 2. The molecule has 2 N–H and O–H groups in total. The Balaban J connectivity index is 1.93. The molecule has 0 bridgehead atoms. The van der Waals surface area contributed by atoms with Gasteiger partial charge in [0.25, 0.3) is 0 Å². The first-order valence-electron chi connectivity index (χ1n) is 8.28. The predicted molar refractivity (Wildman–Crippen MR) is 83.9 cm³/mol. The molecule has 2 aliphatic rings. The van der Waals surface area contributed by atoms with Crippen LogP contribution in [0.4, 0.5) is 5.82 Å². The Bertz CT molecular complexity index is 463. The van der Waals surface area contributed by atoms with Crippen LogP contribution in [0.3, 0.4) is 0 Å². The lowest BCUT2D eigenvalue weighted by molar-refractivity contribution is 0.419. The Hall–Kier alpha value is -1.25. The van der Waals surface area contributed by atoms with Gasteiger partial charge in [-0.1, -0.05) is 38.2 Å². The van der Waals surface area contributed by atoms with Crippen LogP contribution in [0.5, 0.6) is 0 Å². The maximum Gasteiger partial charge on any atom is 0.127 e. The number of anilines is 1. The van der Waals surface area contributed by atoms with Crippen LogP contribution in [0.2, 0.25) is 0 Å². The van der Waals surface area contributed by atoms with Crippen molar-refractivity contribution in [3.8, 4) is 0 Å². The average molecular weight is 273 g/mol. The number of rotatable bonds is 4. The van der Waals surface area contributed by atoms with Crippen LogP contribution in [-0.2, 0) is 6.54 Å². The van der Waals surface area contributed by atoms with Crippen molar-refractivity contribution in [2.75, 3.05) is 5.73 Å². The minimum atomic E-state index is 0.600. The molecule has 1 aromatic heterocycles. The molecule has 2 fully saturated rings. The number of hydrogen-bond donors (Lipinski definition) is 1. The molecule has 2 aliphatic carbocycles. The van der Waals surface area contributed by atoms with Crippen LogP contribution in [0.25, 0.3) is 0 Å². The smallest absolute Gasteiger partial charge is 0.127 e. The van der Waals surface area contributed by atoms with Gasteiger partial charge in [0, 0.05) is 18.4 Å². The van der Waals surface area contributed by atoms with Crippen LogP contribution in [-0.4, -0.2) is 9.55 Å². The minimum Gasteiger partial charge on any atom is -0.384 e. The zero-order chi connectivity index (χ0) is 13.9. The standard InChI is InChI=1S/C17H27N3/c1-2-12-20-16(18)15(13-8-6-7-9-13)19-17(20)14-10-4-3-5-11-14/h2,13-14H,1,3-12,18H2. The number of hydrogen-bond acceptors (Lipinski definition) is 2. The summed E-state index contributed by atoms with van der Waals surface area (Å²) in [5.41, 5.74) is 7.61. The fourth-order valence-electron chi connectivity index (χ4n) is 4.00. The van der Waals surface area contributed by atoms with Gasteiger partial charge in [0.1, 0.15) is 11.6 Å². The second-order valence-corrected chi connectivity index (χ2v) is 6.46. The highest BCUT2D eigenvalue weighted by Crippen LogP contribution is 2.40. The molecule has 0 aliphatic heterocycles. The first-order valence-corrected chi connectivity index (χ1v) is 8.28. The van der Waals surface area contributed by atoms with Crippen molar-refractivity contribution in [3.05, 3.63) is 24.2 Å². The van der Waals surface area contributed by atoms with E-state index in [2.05, 4.69) is 11.1 Å². The van der Waals surface area contributed by atoms with Crippen molar-refractivity contribution >= 4 is 5.82 Å². The highest BCUT2D eigenvalue weighted by Gasteiger charge is 2.28. The quantitative estimate of drug-likeness (QED) is 0.828. The topological polar surface area (TPSA) is 43.8 Å². The molecule has 3 nitrogen and oxygen atoms in total. The van der Waals surface area contributed by atoms with E-state index in [1.165, 1.54) is 69.3 Å². The number of imidazole rings is 1. The Morgan fingerprint density at radius 3 is 2.30 bits per heavy atom. The van der Waals surface area contributed by atoms with E-state index in [9.17, 15) is 0 Å². The summed E-state index contributed by atoms with van der Waals surface area (Å²) in [6.45, 7) is 4.69. The van der Waals surface area contributed by atoms with E-state index < -0.39 is 0 Å². The molecule has 1 aromatic rings. The van der Waals surface area contributed by atoms with E-state index in [1.807, 2.05) is 6.08 Å². The van der Waals surface area contributed by atoms with Gasteiger partial charge in [-0.15, -0.1) is 6.58 Å². The van der Waals surface area contributed by atoms with E-state index in [1.54, 1.807) is 0 Å². The summed E-state index contributed by atoms with van der Waals surface area (Å²) in [7, 11) is 0. The highest BCUT2D eigenvalue weighted by atomic mass is 15.1. The fourth-order valence-corrected chi connectivity index (χ4v) is 4.00. The SMILES string of the molecule is C=CCn1c(C2CCCCC2)nc(C2CCCC2)c1N. The number of allylic oxidation sites excluding steroid dienone is 1. The lowest BCUT2D eigenvalue weighted by atomic mass is 9.88. The van der Waals surface area contributed by atoms with Gasteiger partial charge in [-0.25, -0.2) is 4.98 Å². The second-order valence-electron chi connectivity index (χ2n) is 6.46. The molecule has 0 unspecified atom stereocenters. The lowest BCUT2D eigenvalue weighted by Crippen LogP contribution is -2.13. The molecule has 0 atom stereocenters. The Labute approximate surface area is 122 Å². The van der Waals surface area contributed by atoms with Crippen molar-refractivity contribution in [2.24, 2.45) is 0 Å². The molecule has 0 radical (unpaired) electrons. The first-order chi connectivity index (χ1) is 9.81. The minimum absolute atomic E-state index is 0.600. The second kappa shape index (κ2) is 6.02. The van der Waals surface area contributed by atoms with E-state index in [4.69, 9.17) is 10.7 Å². The predicted octanol–water partition coefficient (Wildman–Crippen LogP) is 4.36. The Kier molecular flexibility index (Phi) is 4.13. The summed E-state index contributed by atoms with van der Waals surface area (Å²) in [5, 5.41) is 0. The maximum atomic E-state index is 6.43. The largest absolute Gasteiger partial charge is 0.384 e. The van der Waals surface area contributed by atoms with Crippen LogP contribution in [0.15, 0.2) is 12.7 Å². The third-order valence-electron chi connectivity index (χ3n) is 5.09. The Morgan fingerprint density at radius 1 is 1.05 bits per heavy atom. The van der Waals surface area contributed by atoms with E-state index in [0.29, 0.717) is 11.8 Å². The van der Waals surface area contributed by atoms with Crippen molar-refractivity contribution < 1.29 is 0 Å². The van der Waals surface area contributed by atoms with Gasteiger partial charge in [0.15, 0.2) is 0 Å². The molecule has 1 heterocycles. The summed E-state index contributed by atoms with van der Waals surface area (Å²) in [6, 6.07) is 0. The van der Waals surface area contributed by atoms with Crippen molar-refractivity contribution in [1.29, 1.82) is 0 Å². The van der Waals surface area contributed by atoms with E-state index in [-0.39, 0.29) is 0 Å². The molecule has 3 rings (SSSR count). The summed E-state index contributed by atoms with van der Waals surface area (Å²) < 4.78 is 2.23. The lowest BCUT2D eigenvalue weighted by Gasteiger charge is -2.22.